The highest BCUT2D eigenvalue weighted by Crippen LogP contribution is 2.31. The first-order valence-electron chi connectivity index (χ1n) is 11.1. The second-order valence-corrected chi connectivity index (χ2v) is 8.84. The summed E-state index contributed by atoms with van der Waals surface area (Å²) in [5.41, 5.74) is 2.59. The number of pyridine rings is 2. The number of halogens is 3. The molecule has 174 valence electrons. The number of aromatic amines is 1. The van der Waals surface area contributed by atoms with Crippen LogP contribution in [0.4, 0.5) is 14.6 Å². The van der Waals surface area contributed by atoms with Gasteiger partial charge in [-0.25, -0.2) is 18.7 Å². The average Bonchev–Trinajstić information content (AvgIpc) is 3.24. The Morgan fingerprint density at radius 3 is 2.65 bits per heavy atom. The number of aromatic nitrogens is 3. The van der Waals surface area contributed by atoms with E-state index in [2.05, 4.69) is 25.6 Å². The van der Waals surface area contributed by atoms with Gasteiger partial charge in [-0.15, -0.1) is 0 Å². The number of benzene rings is 1. The summed E-state index contributed by atoms with van der Waals surface area (Å²) < 4.78 is 27.0. The van der Waals surface area contributed by atoms with Crippen LogP contribution >= 0.6 is 11.6 Å². The van der Waals surface area contributed by atoms with E-state index in [1.165, 1.54) is 6.07 Å². The summed E-state index contributed by atoms with van der Waals surface area (Å²) in [5.74, 6) is -1.41. The van der Waals surface area contributed by atoms with E-state index >= 15 is 0 Å². The SMILES string of the molecule is O=C(NC1CCC(Nc2cc(-c3c[nH]c4ncccc34)cc(Cl)n2)CC1)c1ccc(F)cc1F. The maximum atomic E-state index is 13.9. The largest absolute Gasteiger partial charge is 0.367 e. The first kappa shape index (κ1) is 22.3. The van der Waals surface area contributed by atoms with E-state index in [1.807, 2.05) is 30.5 Å². The normalized spacial score (nSPS) is 18.1. The average molecular weight is 482 g/mol. The van der Waals surface area contributed by atoms with Gasteiger partial charge in [-0.2, -0.15) is 0 Å². The fourth-order valence-corrected chi connectivity index (χ4v) is 4.66. The summed E-state index contributed by atoms with van der Waals surface area (Å²) in [4.78, 5) is 24.3. The lowest BCUT2D eigenvalue weighted by molar-refractivity contribution is 0.0922. The molecule has 3 aromatic heterocycles. The molecule has 9 heteroatoms. The Morgan fingerprint density at radius 1 is 1.06 bits per heavy atom. The van der Waals surface area contributed by atoms with Crippen LogP contribution in [0, 0.1) is 11.6 Å². The minimum atomic E-state index is -0.860. The van der Waals surface area contributed by atoms with Crippen molar-refractivity contribution in [3.8, 4) is 11.1 Å². The molecule has 0 aliphatic heterocycles. The van der Waals surface area contributed by atoms with Crippen molar-refractivity contribution in [2.75, 3.05) is 5.32 Å². The highest BCUT2D eigenvalue weighted by Gasteiger charge is 2.24. The molecule has 1 aliphatic rings. The second-order valence-electron chi connectivity index (χ2n) is 8.46. The van der Waals surface area contributed by atoms with E-state index in [0.717, 1.165) is 60.0 Å². The van der Waals surface area contributed by atoms with E-state index in [9.17, 15) is 13.6 Å². The number of carbonyl (C=O) groups is 1. The Hall–Kier alpha value is -3.52. The standard InChI is InChI=1S/C25H22ClF2N5O/c26-22-10-14(20-13-30-24-18(20)2-1-9-29-24)11-23(33-22)31-16-4-6-17(7-5-16)32-25(34)19-8-3-15(27)12-21(19)28/h1-3,8-13,16-17H,4-7H2,(H,29,30)(H,31,33)(H,32,34). The van der Waals surface area contributed by atoms with Crippen molar-refractivity contribution in [1.29, 1.82) is 0 Å². The molecule has 1 amide bonds. The zero-order valence-electron chi connectivity index (χ0n) is 18.1. The predicted octanol–water partition coefficient (Wildman–Crippen LogP) is 5.71. The first-order chi connectivity index (χ1) is 16.5. The molecule has 1 fully saturated rings. The number of nitrogens with zero attached hydrogens (tertiary/aromatic N) is 2. The van der Waals surface area contributed by atoms with E-state index in [4.69, 9.17) is 11.6 Å². The summed E-state index contributed by atoms with van der Waals surface area (Å²) in [7, 11) is 0. The summed E-state index contributed by atoms with van der Waals surface area (Å²) >= 11 is 6.32. The molecule has 3 N–H and O–H groups in total. The molecular weight excluding hydrogens is 460 g/mol. The molecule has 4 aromatic rings. The van der Waals surface area contributed by atoms with Gasteiger partial charge >= 0.3 is 0 Å². The Morgan fingerprint density at radius 2 is 1.85 bits per heavy atom. The van der Waals surface area contributed by atoms with Crippen LogP contribution < -0.4 is 10.6 Å². The molecule has 0 radical (unpaired) electrons. The number of hydrogen-bond donors (Lipinski definition) is 3. The van der Waals surface area contributed by atoms with Gasteiger partial charge in [0.05, 0.1) is 5.56 Å². The van der Waals surface area contributed by atoms with Gasteiger partial charge in [0, 0.05) is 41.5 Å². The van der Waals surface area contributed by atoms with E-state index in [0.29, 0.717) is 11.0 Å². The monoisotopic (exact) mass is 481 g/mol. The zero-order valence-corrected chi connectivity index (χ0v) is 18.9. The highest BCUT2D eigenvalue weighted by atomic mass is 35.5. The molecule has 1 aliphatic carbocycles. The van der Waals surface area contributed by atoms with Gasteiger partial charge in [-0.3, -0.25) is 4.79 Å². The number of hydrogen-bond acceptors (Lipinski definition) is 4. The number of nitrogens with one attached hydrogen (secondary N) is 3. The third-order valence-corrected chi connectivity index (χ3v) is 6.34. The van der Waals surface area contributed by atoms with Crippen molar-refractivity contribution in [2.24, 2.45) is 0 Å². The zero-order chi connectivity index (χ0) is 23.7. The van der Waals surface area contributed by atoms with Crippen LogP contribution in [0.1, 0.15) is 36.0 Å². The van der Waals surface area contributed by atoms with Crippen LogP contribution in [-0.2, 0) is 0 Å². The molecule has 5 rings (SSSR count). The number of carbonyl (C=O) groups excluding carboxylic acids is 1. The quantitative estimate of drug-likeness (QED) is 0.319. The molecule has 0 atom stereocenters. The van der Waals surface area contributed by atoms with Crippen LogP contribution in [0.3, 0.4) is 0 Å². The Labute approximate surface area is 199 Å². The van der Waals surface area contributed by atoms with Gasteiger partial charge < -0.3 is 15.6 Å². The van der Waals surface area contributed by atoms with Gasteiger partial charge in [0.15, 0.2) is 0 Å². The fraction of sp³-hybridized carbons (Fsp3) is 0.240. The number of rotatable bonds is 5. The van der Waals surface area contributed by atoms with Crippen molar-refractivity contribution >= 4 is 34.4 Å². The molecule has 1 aromatic carbocycles. The lowest BCUT2D eigenvalue weighted by Gasteiger charge is -2.30. The van der Waals surface area contributed by atoms with Crippen LogP contribution in [0.25, 0.3) is 22.2 Å². The number of anilines is 1. The van der Waals surface area contributed by atoms with Gasteiger partial charge in [-0.1, -0.05) is 11.6 Å². The smallest absolute Gasteiger partial charge is 0.254 e. The Bertz CT molecular complexity index is 1350. The molecular formula is C25H22ClF2N5O. The molecule has 3 heterocycles. The van der Waals surface area contributed by atoms with E-state index in [1.54, 1.807) is 6.20 Å². The van der Waals surface area contributed by atoms with Crippen molar-refractivity contribution in [3.63, 3.8) is 0 Å². The number of fused-ring (bicyclic) bond motifs is 1. The number of H-pyrrole nitrogens is 1. The van der Waals surface area contributed by atoms with Crippen molar-refractivity contribution < 1.29 is 13.6 Å². The van der Waals surface area contributed by atoms with Crippen molar-refractivity contribution in [2.45, 2.75) is 37.8 Å². The summed E-state index contributed by atoms with van der Waals surface area (Å²) in [6, 6.07) is 10.7. The van der Waals surface area contributed by atoms with E-state index < -0.39 is 17.5 Å². The molecule has 0 unspecified atom stereocenters. The predicted molar refractivity (Wildman–Crippen MR) is 128 cm³/mol. The molecule has 0 spiro atoms. The number of amides is 1. The molecule has 0 saturated heterocycles. The summed E-state index contributed by atoms with van der Waals surface area (Å²) in [6.07, 6.45) is 6.71. The fourth-order valence-electron chi connectivity index (χ4n) is 4.45. The topological polar surface area (TPSA) is 82.7 Å². The second kappa shape index (κ2) is 9.38. The summed E-state index contributed by atoms with van der Waals surface area (Å²) in [5, 5.41) is 7.71. The third-order valence-electron chi connectivity index (χ3n) is 6.15. The van der Waals surface area contributed by atoms with Crippen LogP contribution in [0.15, 0.2) is 54.9 Å². The third kappa shape index (κ3) is 4.72. The highest BCUT2D eigenvalue weighted by molar-refractivity contribution is 6.29. The Balaban J connectivity index is 1.22. The lowest BCUT2D eigenvalue weighted by atomic mass is 9.91. The first-order valence-corrected chi connectivity index (χ1v) is 11.5. The molecule has 1 saturated carbocycles. The maximum absolute atomic E-state index is 13.9. The summed E-state index contributed by atoms with van der Waals surface area (Å²) in [6.45, 7) is 0. The maximum Gasteiger partial charge on any atom is 0.254 e. The Kier molecular flexibility index (Phi) is 6.15. The van der Waals surface area contributed by atoms with Gasteiger partial charge in [-0.05, 0) is 67.6 Å². The van der Waals surface area contributed by atoms with Gasteiger partial charge in [0.1, 0.15) is 28.3 Å². The molecule has 6 nitrogen and oxygen atoms in total. The molecule has 0 bridgehead atoms. The van der Waals surface area contributed by atoms with Gasteiger partial charge in [0.2, 0.25) is 0 Å². The van der Waals surface area contributed by atoms with Gasteiger partial charge in [0.25, 0.3) is 5.91 Å². The lowest BCUT2D eigenvalue weighted by Crippen LogP contribution is -2.40. The molecule has 34 heavy (non-hydrogen) atoms. The minimum Gasteiger partial charge on any atom is -0.367 e. The minimum absolute atomic E-state index is 0.0726. The van der Waals surface area contributed by atoms with Crippen LogP contribution in [0.2, 0.25) is 5.15 Å². The van der Waals surface area contributed by atoms with Crippen LogP contribution in [-0.4, -0.2) is 32.9 Å². The van der Waals surface area contributed by atoms with Crippen molar-refractivity contribution in [1.82, 2.24) is 20.3 Å². The van der Waals surface area contributed by atoms with E-state index in [-0.39, 0.29) is 17.6 Å². The van der Waals surface area contributed by atoms with Crippen molar-refractivity contribution in [3.05, 3.63) is 77.2 Å². The van der Waals surface area contributed by atoms with Crippen LogP contribution in [0.5, 0.6) is 0 Å².